The summed E-state index contributed by atoms with van der Waals surface area (Å²) in [7, 11) is 0. The number of hydrogen-bond donors (Lipinski definition) is 1. The molecule has 6 heteroatoms. The molecule has 0 bridgehead atoms. The summed E-state index contributed by atoms with van der Waals surface area (Å²) in [4.78, 5) is 22.2. The molecule has 0 fully saturated rings. The number of amides is 1. The van der Waals surface area contributed by atoms with Crippen LogP contribution in [0.25, 0.3) is 0 Å². The van der Waals surface area contributed by atoms with Crippen LogP contribution in [0.1, 0.15) is 27.9 Å². The van der Waals surface area contributed by atoms with E-state index in [1.54, 1.807) is 13.1 Å². The molecule has 0 unspecified atom stereocenters. The third kappa shape index (κ3) is 4.74. The van der Waals surface area contributed by atoms with E-state index < -0.39 is 4.92 Å². The van der Waals surface area contributed by atoms with Gasteiger partial charge in [0, 0.05) is 23.4 Å². The lowest BCUT2D eigenvalue weighted by atomic mass is 10.1. The van der Waals surface area contributed by atoms with E-state index in [0.717, 1.165) is 6.42 Å². The summed E-state index contributed by atoms with van der Waals surface area (Å²) in [5.41, 5.74) is 4.40. The monoisotopic (exact) mass is 311 g/mol. The minimum Gasteiger partial charge on any atom is -0.267 e. The quantitative estimate of drug-likeness (QED) is 0.505. The van der Waals surface area contributed by atoms with Crippen LogP contribution in [0, 0.1) is 17.0 Å². The summed E-state index contributed by atoms with van der Waals surface area (Å²) < 4.78 is 0. The van der Waals surface area contributed by atoms with Crippen LogP contribution in [-0.2, 0) is 6.42 Å². The van der Waals surface area contributed by atoms with Crippen molar-refractivity contribution in [3.63, 3.8) is 0 Å². The Morgan fingerprint density at radius 1 is 1.26 bits per heavy atom. The smallest absolute Gasteiger partial charge is 0.267 e. The van der Waals surface area contributed by atoms with Crippen molar-refractivity contribution in [3.8, 4) is 0 Å². The summed E-state index contributed by atoms with van der Waals surface area (Å²) >= 11 is 0. The third-order valence-electron chi connectivity index (χ3n) is 3.32. The highest BCUT2D eigenvalue weighted by molar-refractivity contribution is 5.94. The standard InChI is InChI=1S/C17H17N3O3/c1-13-12-15(9-10-16(13)20(22)23)17(21)19-18-11-5-8-14-6-3-2-4-7-14/h2-4,6-7,9-12H,5,8H2,1H3,(H,19,21)/b18-11-. The van der Waals surface area contributed by atoms with Crippen LogP contribution in [0.15, 0.2) is 53.6 Å². The maximum absolute atomic E-state index is 11.9. The van der Waals surface area contributed by atoms with Crippen molar-refractivity contribution in [2.45, 2.75) is 19.8 Å². The second kappa shape index (κ2) is 7.84. The minimum atomic E-state index is -0.473. The van der Waals surface area contributed by atoms with Gasteiger partial charge >= 0.3 is 0 Å². The second-order valence-electron chi connectivity index (χ2n) is 5.04. The highest BCUT2D eigenvalue weighted by Gasteiger charge is 2.13. The molecule has 2 rings (SSSR count). The van der Waals surface area contributed by atoms with Gasteiger partial charge in [0.25, 0.3) is 11.6 Å². The van der Waals surface area contributed by atoms with Gasteiger partial charge in [-0.2, -0.15) is 5.10 Å². The van der Waals surface area contributed by atoms with Crippen molar-refractivity contribution < 1.29 is 9.72 Å². The Labute approximate surface area is 134 Å². The van der Waals surface area contributed by atoms with Gasteiger partial charge in [-0.15, -0.1) is 0 Å². The Hall–Kier alpha value is -3.02. The van der Waals surface area contributed by atoms with Gasteiger partial charge in [-0.3, -0.25) is 14.9 Å². The van der Waals surface area contributed by atoms with Crippen LogP contribution >= 0.6 is 0 Å². The molecule has 0 aliphatic rings. The SMILES string of the molecule is Cc1cc(C(=O)N/N=C\CCc2ccccc2)ccc1[N+](=O)[O-]. The van der Waals surface area contributed by atoms with Crippen molar-refractivity contribution in [2.75, 3.05) is 0 Å². The molecule has 0 radical (unpaired) electrons. The normalized spacial score (nSPS) is 10.7. The fourth-order valence-electron chi connectivity index (χ4n) is 2.11. The first kappa shape index (κ1) is 16.4. The van der Waals surface area contributed by atoms with Gasteiger partial charge < -0.3 is 0 Å². The highest BCUT2D eigenvalue weighted by atomic mass is 16.6. The summed E-state index contributed by atoms with van der Waals surface area (Å²) in [5.74, 6) is -0.390. The zero-order valence-corrected chi connectivity index (χ0v) is 12.7. The van der Waals surface area contributed by atoms with Crippen molar-refractivity contribution in [1.82, 2.24) is 5.43 Å². The average Bonchev–Trinajstić information content (AvgIpc) is 2.55. The lowest BCUT2D eigenvalue weighted by Crippen LogP contribution is -2.17. The zero-order valence-electron chi connectivity index (χ0n) is 12.7. The molecule has 23 heavy (non-hydrogen) atoms. The molecule has 2 aromatic carbocycles. The van der Waals surface area contributed by atoms with Crippen LogP contribution < -0.4 is 5.43 Å². The van der Waals surface area contributed by atoms with Gasteiger partial charge in [0.05, 0.1) is 4.92 Å². The molecule has 0 aromatic heterocycles. The molecule has 0 saturated heterocycles. The van der Waals surface area contributed by atoms with Gasteiger partial charge in [-0.25, -0.2) is 5.43 Å². The molecule has 0 aliphatic heterocycles. The van der Waals surface area contributed by atoms with Gasteiger partial charge in [0.2, 0.25) is 0 Å². The largest absolute Gasteiger partial charge is 0.272 e. The first-order valence-corrected chi connectivity index (χ1v) is 7.19. The summed E-state index contributed by atoms with van der Waals surface area (Å²) in [5, 5.41) is 14.6. The highest BCUT2D eigenvalue weighted by Crippen LogP contribution is 2.18. The maximum atomic E-state index is 11.9. The number of hydrogen-bond acceptors (Lipinski definition) is 4. The van der Waals surface area contributed by atoms with Crippen molar-refractivity contribution in [3.05, 3.63) is 75.3 Å². The molecule has 6 nitrogen and oxygen atoms in total. The molecule has 0 atom stereocenters. The van der Waals surface area contributed by atoms with E-state index in [1.807, 2.05) is 30.3 Å². The summed E-state index contributed by atoms with van der Waals surface area (Å²) in [6, 6.07) is 14.2. The Morgan fingerprint density at radius 2 is 2.00 bits per heavy atom. The molecule has 0 spiro atoms. The fraction of sp³-hybridized carbons (Fsp3) is 0.176. The van der Waals surface area contributed by atoms with Crippen LogP contribution in [0.5, 0.6) is 0 Å². The first-order chi connectivity index (χ1) is 11.1. The number of benzene rings is 2. The first-order valence-electron chi connectivity index (χ1n) is 7.19. The summed E-state index contributed by atoms with van der Waals surface area (Å²) in [6.07, 6.45) is 3.20. The number of rotatable bonds is 6. The van der Waals surface area contributed by atoms with Crippen molar-refractivity contribution in [1.29, 1.82) is 0 Å². The predicted molar refractivity (Wildman–Crippen MR) is 88.6 cm³/mol. The topological polar surface area (TPSA) is 84.6 Å². The van der Waals surface area contributed by atoms with E-state index in [0.29, 0.717) is 17.5 Å². The second-order valence-corrected chi connectivity index (χ2v) is 5.04. The van der Waals surface area contributed by atoms with E-state index in [-0.39, 0.29) is 11.6 Å². The molecule has 118 valence electrons. The average molecular weight is 311 g/mol. The van der Waals surface area contributed by atoms with E-state index in [1.165, 1.54) is 23.8 Å². The van der Waals surface area contributed by atoms with E-state index in [4.69, 9.17) is 0 Å². The number of nitrogens with one attached hydrogen (secondary N) is 1. The molecule has 1 amide bonds. The number of carbonyl (C=O) groups excluding carboxylic acids is 1. The lowest BCUT2D eigenvalue weighted by Gasteiger charge is -2.02. The lowest BCUT2D eigenvalue weighted by molar-refractivity contribution is -0.385. The molecule has 0 heterocycles. The number of carbonyl (C=O) groups is 1. The number of nitro groups is 1. The van der Waals surface area contributed by atoms with E-state index in [2.05, 4.69) is 10.5 Å². The third-order valence-corrected chi connectivity index (χ3v) is 3.32. The van der Waals surface area contributed by atoms with Crippen molar-refractivity contribution >= 4 is 17.8 Å². The van der Waals surface area contributed by atoms with Crippen LogP contribution in [0.4, 0.5) is 5.69 Å². The van der Waals surface area contributed by atoms with Crippen LogP contribution in [0.3, 0.4) is 0 Å². The van der Waals surface area contributed by atoms with Gasteiger partial charge in [0.15, 0.2) is 0 Å². The van der Waals surface area contributed by atoms with Gasteiger partial charge in [-0.1, -0.05) is 30.3 Å². The number of nitrogens with zero attached hydrogens (tertiary/aromatic N) is 2. The van der Waals surface area contributed by atoms with Gasteiger partial charge in [-0.05, 0) is 37.5 Å². The van der Waals surface area contributed by atoms with Gasteiger partial charge in [0.1, 0.15) is 0 Å². The molecule has 0 aliphatic carbocycles. The van der Waals surface area contributed by atoms with E-state index >= 15 is 0 Å². The molecular formula is C17H17N3O3. The predicted octanol–water partition coefficient (Wildman–Crippen LogP) is 3.25. The summed E-state index contributed by atoms with van der Waals surface area (Å²) in [6.45, 7) is 1.60. The van der Waals surface area contributed by atoms with Crippen LogP contribution in [0.2, 0.25) is 0 Å². The fourth-order valence-corrected chi connectivity index (χ4v) is 2.11. The molecule has 0 saturated carbocycles. The number of aryl methyl sites for hydroxylation is 2. The molecule has 2 aromatic rings. The Kier molecular flexibility index (Phi) is 5.57. The Morgan fingerprint density at radius 3 is 2.65 bits per heavy atom. The Bertz CT molecular complexity index is 727. The van der Waals surface area contributed by atoms with E-state index in [9.17, 15) is 14.9 Å². The maximum Gasteiger partial charge on any atom is 0.272 e. The molecule has 1 N–H and O–H groups in total. The zero-order chi connectivity index (χ0) is 16.7. The van der Waals surface area contributed by atoms with Crippen molar-refractivity contribution in [2.24, 2.45) is 5.10 Å². The minimum absolute atomic E-state index is 0.00656. The molecular weight excluding hydrogens is 294 g/mol. The Balaban J connectivity index is 1.86. The number of nitro benzene ring substituents is 1. The number of hydrazone groups is 1. The van der Waals surface area contributed by atoms with Crippen LogP contribution in [-0.4, -0.2) is 17.0 Å².